The molecule has 108 valence electrons. The number of sulfonamides is 1. The van der Waals surface area contributed by atoms with E-state index in [1.165, 1.54) is 23.1 Å². The van der Waals surface area contributed by atoms with Crippen molar-refractivity contribution in [1.29, 1.82) is 0 Å². The van der Waals surface area contributed by atoms with Crippen molar-refractivity contribution >= 4 is 21.9 Å². The minimum atomic E-state index is -3.90. The molecule has 1 aliphatic rings. The van der Waals surface area contributed by atoms with Crippen LogP contribution in [0.15, 0.2) is 29.2 Å². The summed E-state index contributed by atoms with van der Waals surface area (Å²) in [5, 5.41) is 14.1. The Bertz CT molecular complexity index is 656. The fourth-order valence-electron chi connectivity index (χ4n) is 2.24. The van der Waals surface area contributed by atoms with Crippen LogP contribution in [-0.2, 0) is 14.8 Å². The van der Waals surface area contributed by atoms with Crippen molar-refractivity contribution < 1.29 is 23.1 Å². The molecule has 1 aromatic rings. The molecule has 2 rings (SSSR count). The Hall–Kier alpha value is -1.93. The van der Waals surface area contributed by atoms with Crippen molar-refractivity contribution in [1.82, 2.24) is 4.90 Å². The van der Waals surface area contributed by atoms with E-state index in [2.05, 4.69) is 0 Å². The summed E-state index contributed by atoms with van der Waals surface area (Å²) in [5.41, 5.74) is 0.115. The van der Waals surface area contributed by atoms with Crippen molar-refractivity contribution in [3.8, 4) is 0 Å². The highest BCUT2D eigenvalue weighted by Crippen LogP contribution is 2.21. The van der Waals surface area contributed by atoms with Crippen LogP contribution in [0.3, 0.4) is 0 Å². The van der Waals surface area contributed by atoms with E-state index in [4.69, 9.17) is 10.2 Å². The van der Waals surface area contributed by atoms with Crippen LogP contribution in [0.1, 0.15) is 23.2 Å². The molecular formula is C12H14N2O5S. The second-order valence-corrected chi connectivity index (χ2v) is 6.13. The summed E-state index contributed by atoms with van der Waals surface area (Å²) >= 11 is 0. The van der Waals surface area contributed by atoms with Crippen molar-refractivity contribution in [3.63, 3.8) is 0 Å². The van der Waals surface area contributed by atoms with Gasteiger partial charge in [-0.25, -0.2) is 18.4 Å². The maximum Gasteiger partial charge on any atom is 0.326 e. The number of carboxylic acids is 1. The van der Waals surface area contributed by atoms with Crippen molar-refractivity contribution in [2.45, 2.75) is 23.8 Å². The number of aliphatic carboxylic acids is 1. The maximum absolute atomic E-state index is 12.3. The lowest BCUT2D eigenvalue weighted by Crippen LogP contribution is -2.40. The molecule has 7 nitrogen and oxygen atoms in total. The lowest BCUT2D eigenvalue weighted by Gasteiger charge is -2.21. The zero-order valence-corrected chi connectivity index (χ0v) is 11.3. The molecular weight excluding hydrogens is 284 g/mol. The summed E-state index contributed by atoms with van der Waals surface area (Å²) in [6, 6.07) is 4.42. The number of primary sulfonamides is 1. The van der Waals surface area contributed by atoms with Gasteiger partial charge in [-0.05, 0) is 31.0 Å². The molecule has 1 amide bonds. The van der Waals surface area contributed by atoms with E-state index in [1.807, 2.05) is 0 Å². The number of hydrogen-bond acceptors (Lipinski definition) is 4. The van der Waals surface area contributed by atoms with Crippen LogP contribution in [0.5, 0.6) is 0 Å². The van der Waals surface area contributed by atoms with Gasteiger partial charge in [0.25, 0.3) is 5.91 Å². The summed E-state index contributed by atoms with van der Waals surface area (Å²) in [6.45, 7) is 0.343. The van der Waals surface area contributed by atoms with Gasteiger partial charge in [-0.3, -0.25) is 4.79 Å². The van der Waals surface area contributed by atoms with Gasteiger partial charge in [0.05, 0.1) is 4.90 Å². The lowest BCUT2D eigenvalue weighted by molar-refractivity contribution is -0.141. The number of likely N-dealkylation sites (tertiary alicyclic amines) is 1. The number of nitrogens with two attached hydrogens (primary N) is 1. The molecule has 20 heavy (non-hydrogen) atoms. The van der Waals surface area contributed by atoms with Gasteiger partial charge in [-0.1, -0.05) is 6.07 Å². The van der Waals surface area contributed by atoms with Gasteiger partial charge >= 0.3 is 5.97 Å². The Morgan fingerprint density at radius 1 is 1.35 bits per heavy atom. The third kappa shape index (κ3) is 2.81. The monoisotopic (exact) mass is 298 g/mol. The SMILES string of the molecule is NS(=O)(=O)c1cccc(C(=O)N2CCCC2C(=O)O)c1. The second-order valence-electron chi connectivity index (χ2n) is 4.57. The number of nitrogens with zero attached hydrogens (tertiary/aromatic N) is 1. The van der Waals surface area contributed by atoms with Gasteiger partial charge in [-0.2, -0.15) is 0 Å². The third-order valence-corrected chi connectivity index (χ3v) is 4.12. The highest BCUT2D eigenvalue weighted by Gasteiger charge is 2.34. The van der Waals surface area contributed by atoms with Crippen LogP contribution >= 0.6 is 0 Å². The molecule has 1 atom stereocenters. The number of carbonyl (C=O) groups excluding carboxylic acids is 1. The fourth-order valence-corrected chi connectivity index (χ4v) is 2.80. The molecule has 1 saturated heterocycles. The third-order valence-electron chi connectivity index (χ3n) is 3.21. The molecule has 0 aliphatic carbocycles. The molecule has 8 heteroatoms. The highest BCUT2D eigenvalue weighted by molar-refractivity contribution is 7.89. The Morgan fingerprint density at radius 3 is 2.65 bits per heavy atom. The van der Waals surface area contributed by atoms with Gasteiger partial charge < -0.3 is 10.0 Å². The second kappa shape index (κ2) is 5.22. The molecule has 0 radical (unpaired) electrons. The minimum absolute atomic E-state index is 0.115. The Labute approximate surface area is 116 Å². The van der Waals surface area contributed by atoms with Gasteiger partial charge in [0.1, 0.15) is 6.04 Å². The van der Waals surface area contributed by atoms with Crippen molar-refractivity contribution in [2.24, 2.45) is 5.14 Å². The van der Waals surface area contributed by atoms with Crippen LogP contribution in [0.25, 0.3) is 0 Å². The van der Waals surface area contributed by atoms with E-state index in [9.17, 15) is 18.0 Å². The normalized spacial score (nSPS) is 19.1. The number of amides is 1. The van der Waals surface area contributed by atoms with Gasteiger partial charge in [0, 0.05) is 12.1 Å². The summed E-state index contributed by atoms with van der Waals surface area (Å²) < 4.78 is 22.5. The molecule has 0 spiro atoms. The molecule has 1 aliphatic heterocycles. The Morgan fingerprint density at radius 2 is 2.05 bits per heavy atom. The van der Waals surface area contributed by atoms with Gasteiger partial charge in [-0.15, -0.1) is 0 Å². The number of carboxylic acid groups (broad SMARTS) is 1. The smallest absolute Gasteiger partial charge is 0.326 e. The Kier molecular flexibility index (Phi) is 3.78. The van der Waals surface area contributed by atoms with Crippen LogP contribution in [0.4, 0.5) is 0 Å². The molecule has 1 heterocycles. The van der Waals surface area contributed by atoms with Crippen LogP contribution in [0, 0.1) is 0 Å². The summed E-state index contributed by atoms with van der Waals surface area (Å²) in [6.07, 6.45) is 1.01. The lowest BCUT2D eigenvalue weighted by atomic mass is 10.1. The van der Waals surface area contributed by atoms with Gasteiger partial charge in [0.15, 0.2) is 0 Å². The zero-order valence-electron chi connectivity index (χ0n) is 10.5. The summed E-state index contributed by atoms with van der Waals surface area (Å²) in [7, 11) is -3.90. The predicted octanol–water partition coefficient (Wildman–Crippen LogP) is 0.0232. The summed E-state index contributed by atoms with van der Waals surface area (Å²) in [4.78, 5) is 24.4. The van der Waals surface area contributed by atoms with Gasteiger partial charge in [0.2, 0.25) is 10.0 Å². The first-order chi connectivity index (χ1) is 9.30. The van der Waals surface area contributed by atoms with Crippen LogP contribution in [-0.4, -0.2) is 42.9 Å². The topological polar surface area (TPSA) is 118 Å². The number of hydrogen-bond donors (Lipinski definition) is 2. The first-order valence-corrected chi connectivity index (χ1v) is 7.52. The quantitative estimate of drug-likeness (QED) is 0.815. The maximum atomic E-state index is 12.3. The fraction of sp³-hybridized carbons (Fsp3) is 0.333. The van der Waals surface area contributed by atoms with E-state index in [-0.39, 0.29) is 10.5 Å². The molecule has 0 saturated carbocycles. The molecule has 1 aromatic carbocycles. The zero-order chi connectivity index (χ0) is 14.9. The molecule has 3 N–H and O–H groups in total. The average molecular weight is 298 g/mol. The standard InChI is InChI=1S/C12H14N2O5S/c13-20(18,19)9-4-1-3-8(7-9)11(15)14-6-2-5-10(14)12(16)17/h1,3-4,7,10H,2,5-6H2,(H,16,17)(H2,13,18,19). The number of benzene rings is 1. The molecule has 0 bridgehead atoms. The van der Waals surface area contributed by atoms with E-state index >= 15 is 0 Å². The number of rotatable bonds is 3. The van der Waals surface area contributed by atoms with E-state index in [0.717, 1.165) is 6.07 Å². The van der Waals surface area contributed by atoms with Crippen LogP contribution in [0.2, 0.25) is 0 Å². The van der Waals surface area contributed by atoms with E-state index in [0.29, 0.717) is 19.4 Å². The first kappa shape index (κ1) is 14.5. The predicted molar refractivity (Wildman–Crippen MR) is 69.5 cm³/mol. The molecule has 0 aromatic heterocycles. The average Bonchev–Trinajstić information content (AvgIpc) is 2.86. The molecule has 1 fully saturated rings. The van der Waals surface area contributed by atoms with Crippen molar-refractivity contribution in [3.05, 3.63) is 29.8 Å². The minimum Gasteiger partial charge on any atom is -0.480 e. The van der Waals surface area contributed by atoms with E-state index < -0.39 is 27.9 Å². The summed E-state index contributed by atoms with van der Waals surface area (Å²) in [5.74, 6) is -1.56. The highest BCUT2D eigenvalue weighted by atomic mass is 32.2. The van der Waals surface area contributed by atoms with Crippen molar-refractivity contribution in [2.75, 3.05) is 6.54 Å². The van der Waals surface area contributed by atoms with E-state index in [1.54, 1.807) is 0 Å². The largest absolute Gasteiger partial charge is 0.480 e. The number of carbonyl (C=O) groups is 2. The Balaban J connectivity index is 2.32. The van der Waals surface area contributed by atoms with Crippen LogP contribution < -0.4 is 5.14 Å². The first-order valence-electron chi connectivity index (χ1n) is 5.97. The molecule has 1 unspecified atom stereocenters.